The van der Waals surface area contributed by atoms with Gasteiger partial charge in [0.1, 0.15) is 0 Å². The minimum Gasteiger partial charge on any atom is -0.308 e. The molecule has 0 amide bonds. The van der Waals surface area contributed by atoms with Crippen LogP contribution in [-0.2, 0) is 5.41 Å². The third-order valence-corrected chi connectivity index (χ3v) is 8.51. The topological polar surface area (TPSA) is 4.93 Å². The summed E-state index contributed by atoms with van der Waals surface area (Å²) in [4.78, 5) is 0. The lowest BCUT2D eigenvalue weighted by atomic mass is 9.74. The predicted molar refractivity (Wildman–Crippen MR) is 145 cm³/mol. The molecule has 0 saturated heterocycles. The molecule has 5 aromatic carbocycles. The number of rotatable bonds is 1. The zero-order valence-electron chi connectivity index (χ0n) is 18.6. The second-order valence-corrected chi connectivity index (χ2v) is 10.5. The third-order valence-electron chi connectivity index (χ3n) is 8.05. The normalized spacial score (nSPS) is 17.2. The highest BCUT2D eigenvalue weighted by Gasteiger charge is 2.45. The summed E-state index contributed by atoms with van der Waals surface area (Å²) in [6, 6.07) is 38.1. The van der Waals surface area contributed by atoms with Gasteiger partial charge in [-0.3, -0.25) is 0 Å². The quantitative estimate of drug-likeness (QED) is 0.213. The maximum atomic E-state index is 3.88. The SMILES string of the molecule is CC1(c2ccccc2)c2cc(Br)cc3c2-c2c1ccc1c4ccccc4n(c21)-c1ccccc1-3. The van der Waals surface area contributed by atoms with Gasteiger partial charge >= 0.3 is 0 Å². The van der Waals surface area contributed by atoms with E-state index in [4.69, 9.17) is 0 Å². The van der Waals surface area contributed by atoms with Crippen LogP contribution in [0.4, 0.5) is 0 Å². The first kappa shape index (κ1) is 18.8. The van der Waals surface area contributed by atoms with Crippen LogP contribution in [-0.4, -0.2) is 4.57 Å². The van der Waals surface area contributed by atoms with Gasteiger partial charge in [0.05, 0.1) is 16.7 Å². The van der Waals surface area contributed by atoms with E-state index in [1.165, 1.54) is 66.4 Å². The molecule has 0 saturated carbocycles. The lowest BCUT2D eigenvalue weighted by Crippen LogP contribution is -2.22. The molecule has 2 aliphatic rings. The first-order chi connectivity index (χ1) is 16.7. The lowest BCUT2D eigenvalue weighted by molar-refractivity contribution is 0.714. The third kappa shape index (κ3) is 2.07. The first-order valence-corrected chi connectivity index (χ1v) is 12.5. The smallest absolute Gasteiger partial charge is 0.0623 e. The summed E-state index contributed by atoms with van der Waals surface area (Å²) in [5, 5.41) is 2.63. The molecular formula is C32H20BrN. The molecule has 1 unspecified atom stereocenters. The Kier molecular flexibility index (Phi) is 3.47. The zero-order chi connectivity index (χ0) is 22.6. The fourth-order valence-corrected chi connectivity index (χ4v) is 7.04. The second-order valence-electron chi connectivity index (χ2n) is 9.62. The van der Waals surface area contributed by atoms with Crippen molar-refractivity contribution in [2.45, 2.75) is 12.3 Å². The Bertz CT molecular complexity index is 1830. The molecule has 160 valence electrons. The largest absolute Gasteiger partial charge is 0.308 e. The van der Waals surface area contributed by atoms with E-state index in [0.717, 1.165) is 4.47 Å². The van der Waals surface area contributed by atoms with Crippen molar-refractivity contribution in [1.82, 2.24) is 4.57 Å². The monoisotopic (exact) mass is 497 g/mol. The van der Waals surface area contributed by atoms with Gasteiger partial charge in [0.2, 0.25) is 0 Å². The van der Waals surface area contributed by atoms with E-state index >= 15 is 0 Å². The number of benzene rings is 5. The molecule has 1 aliphatic heterocycles. The fourth-order valence-electron chi connectivity index (χ4n) is 6.58. The molecule has 6 aromatic rings. The van der Waals surface area contributed by atoms with Crippen LogP contribution < -0.4 is 0 Å². The van der Waals surface area contributed by atoms with Crippen molar-refractivity contribution in [1.29, 1.82) is 0 Å². The van der Waals surface area contributed by atoms with Crippen LogP contribution >= 0.6 is 15.9 Å². The molecule has 2 heteroatoms. The van der Waals surface area contributed by atoms with Crippen LogP contribution in [0, 0.1) is 0 Å². The molecule has 34 heavy (non-hydrogen) atoms. The molecule has 2 heterocycles. The van der Waals surface area contributed by atoms with Crippen molar-refractivity contribution in [2.75, 3.05) is 0 Å². The number of para-hydroxylation sites is 2. The highest BCUT2D eigenvalue weighted by Crippen LogP contribution is 2.60. The number of hydrogen-bond donors (Lipinski definition) is 0. The van der Waals surface area contributed by atoms with Crippen molar-refractivity contribution in [3.8, 4) is 27.9 Å². The molecule has 1 nitrogen and oxygen atoms in total. The molecular weight excluding hydrogens is 478 g/mol. The molecule has 0 spiro atoms. The van der Waals surface area contributed by atoms with Crippen molar-refractivity contribution in [3.05, 3.63) is 124 Å². The summed E-state index contributed by atoms with van der Waals surface area (Å²) in [5.41, 5.74) is 13.0. The van der Waals surface area contributed by atoms with Gasteiger partial charge in [-0.15, -0.1) is 0 Å². The van der Waals surface area contributed by atoms with E-state index in [1.807, 2.05) is 0 Å². The molecule has 1 aromatic heterocycles. The van der Waals surface area contributed by atoms with Gasteiger partial charge in [-0.05, 0) is 59.0 Å². The van der Waals surface area contributed by atoms with Gasteiger partial charge in [0.25, 0.3) is 0 Å². The molecule has 1 aliphatic carbocycles. The highest BCUT2D eigenvalue weighted by molar-refractivity contribution is 9.10. The standard InChI is InChI=1S/C32H20BrN/c1-32(19-9-3-2-4-10-19)25-16-15-23-21-11-5-7-13-27(21)34-28-14-8-6-12-22(28)24-17-20(33)18-26(32)29(24)30(25)31(23)34/h2-18H,1H3. The van der Waals surface area contributed by atoms with Crippen molar-refractivity contribution < 1.29 is 0 Å². The Balaban J connectivity index is 1.70. The molecule has 0 N–H and O–H groups in total. The Hall–Kier alpha value is -3.62. The van der Waals surface area contributed by atoms with Gasteiger partial charge in [0.15, 0.2) is 0 Å². The van der Waals surface area contributed by atoms with E-state index in [1.54, 1.807) is 0 Å². The number of hydrogen-bond acceptors (Lipinski definition) is 0. The Morgan fingerprint density at radius 2 is 1.41 bits per heavy atom. The van der Waals surface area contributed by atoms with Gasteiger partial charge < -0.3 is 4.57 Å². The second kappa shape index (κ2) is 6.28. The maximum absolute atomic E-state index is 3.88. The van der Waals surface area contributed by atoms with Crippen molar-refractivity contribution in [3.63, 3.8) is 0 Å². The summed E-state index contributed by atoms with van der Waals surface area (Å²) in [7, 11) is 0. The summed E-state index contributed by atoms with van der Waals surface area (Å²) < 4.78 is 3.63. The fraction of sp³-hybridized carbons (Fsp3) is 0.0625. The minimum atomic E-state index is -0.230. The van der Waals surface area contributed by atoms with Crippen LogP contribution in [0.1, 0.15) is 23.6 Å². The number of halogens is 1. The molecule has 8 rings (SSSR count). The predicted octanol–water partition coefficient (Wildman–Crippen LogP) is 8.86. The van der Waals surface area contributed by atoms with E-state index in [0.29, 0.717) is 0 Å². The first-order valence-electron chi connectivity index (χ1n) is 11.7. The number of aromatic nitrogens is 1. The van der Waals surface area contributed by atoms with E-state index < -0.39 is 0 Å². The van der Waals surface area contributed by atoms with Crippen molar-refractivity contribution in [2.24, 2.45) is 0 Å². The number of fused-ring (bicyclic) bond motifs is 6. The highest BCUT2D eigenvalue weighted by atomic mass is 79.9. The van der Waals surface area contributed by atoms with Crippen LogP contribution in [0.2, 0.25) is 0 Å². The van der Waals surface area contributed by atoms with E-state index in [9.17, 15) is 0 Å². The van der Waals surface area contributed by atoms with E-state index in [2.05, 4.69) is 131 Å². The molecule has 0 fully saturated rings. The minimum absolute atomic E-state index is 0.230. The summed E-state index contributed by atoms with van der Waals surface area (Å²) in [6.45, 7) is 2.40. The average molecular weight is 498 g/mol. The maximum Gasteiger partial charge on any atom is 0.0623 e. The molecule has 0 radical (unpaired) electrons. The zero-order valence-corrected chi connectivity index (χ0v) is 20.2. The summed E-state index contributed by atoms with van der Waals surface area (Å²) in [5.74, 6) is 0. The van der Waals surface area contributed by atoms with E-state index in [-0.39, 0.29) is 5.41 Å². The Morgan fingerprint density at radius 1 is 0.647 bits per heavy atom. The van der Waals surface area contributed by atoms with Crippen LogP contribution in [0.5, 0.6) is 0 Å². The number of nitrogens with zero attached hydrogens (tertiary/aromatic N) is 1. The molecule has 0 bridgehead atoms. The molecule has 1 atom stereocenters. The van der Waals surface area contributed by atoms with Crippen LogP contribution in [0.25, 0.3) is 49.7 Å². The summed E-state index contributed by atoms with van der Waals surface area (Å²) in [6.07, 6.45) is 0. The Morgan fingerprint density at radius 3 is 2.29 bits per heavy atom. The average Bonchev–Trinajstić information content (AvgIpc) is 3.30. The Labute approximate surface area is 206 Å². The van der Waals surface area contributed by atoms with Crippen LogP contribution in [0.15, 0.2) is 108 Å². The van der Waals surface area contributed by atoms with Crippen molar-refractivity contribution >= 4 is 37.7 Å². The van der Waals surface area contributed by atoms with Gasteiger partial charge in [-0.2, -0.15) is 0 Å². The van der Waals surface area contributed by atoms with Gasteiger partial charge in [0, 0.05) is 31.8 Å². The van der Waals surface area contributed by atoms with Gasteiger partial charge in [-0.25, -0.2) is 0 Å². The lowest BCUT2D eigenvalue weighted by Gasteiger charge is -2.29. The summed E-state index contributed by atoms with van der Waals surface area (Å²) >= 11 is 3.88. The van der Waals surface area contributed by atoms with Crippen LogP contribution in [0.3, 0.4) is 0 Å². The van der Waals surface area contributed by atoms with Gasteiger partial charge in [-0.1, -0.05) is 94.8 Å².